The van der Waals surface area contributed by atoms with Crippen LogP contribution in [0.5, 0.6) is 11.5 Å². The van der Waals surface area contributed by atoms with Crippen molar-refractivity contribution in [3.8, 4) is 11.5 Å². The van der Waals surface area contributed by atoms with Crippen molar-refractivity contribution in [2.45, 2.75) is 13.5 Å². The molecule has 0 bridgehead atoms. The van der Waals surface area contributed by atoms with Crippen LogP contribution < -0.4 is 15.4 Å². The number of nitrogens with zero attached hydrogens (tertiary/aromatic N) is 3. The normalized spacial score (nSPS) is 10.1. The fraction of sp³-hybridized carbons (Fsp3) is 0.192. The Hall–Kier alpha value is -4.02. The van der Waals surface area contributed by atoms with E-state index in [1.165, 1.54) is 31.4 Å². The Balaban J connectivity index is 0.000000281. The lowest BCUT2D eigenvalue weighted by atomic mass is 10.2. The molecular formula is C26H28ClN5O4S. The van der Waals surface area contributed by atoms with Gasteiger partial charge in [0.15, 0.2) is 5.11 Å². The summed E-state index contributed by atoms with van der Waals surface area (Å²) in [5, 5.41) is 7.03. The van der Waals surface area contributed by atoms with E-state index in [1.807, 2.05) is 36.2 Å². The number of hydrogen-bond acceptors (Lipinski definition) is 7. The third-order valence-corrected chi connectivity index (χ3v) is 5.45. The van der Waals surface area contributed by atoms with E-state index >= 15 is 0 Å². The molecule has 0 saturated heterocycles. The molecular weight excluding hydrogens is 514 g/mol. The summed E-state index contributed by atoms with van der Waals surface area (Å²) in [4.78, 5) is 31.4. The molecule has 0 aliphatic rings. The highest BCUT2D eigenvalue weighted by atomic mass is 35.5. The van der Waals surface area contributed by atoms with Gasteiger partial charge in [0, 0.05) is 31.4 Å². The average Bonchev–Trinajstić information content (AvgIpc) is 2.93. The number of pyridine rings is 1. The number of ether oxygens (including phenoxy) is 2. The van der Waals surface area contributed by atoms with E-state index < -0.39 is 5.97 Å². The van der Waals surface area contributed by atoms with Crippen LogP contribution >= 0.6 is 23.8 Å². The second-order valence-corrected chi connectivity index (χ2v) is 8.16. The van der Waals surface area contributed by atoms with Crippen molar-refractivity contribution in [3.63, 3.8) is 0 Å². The summed E-state index contributed by atoms with van der Waals surface area (Å²) in [6, 6.07) is 16.1. The molecule has 3 rings (SSSR count). The molecule has 0 saturated carbocycles. The van der Waals surface area contributed by atoms with E-state index in [2.05, 4.69) is 32.3 Å². The van der Waals surface area contributed by atoms with Crippen LogP contribution in [-0.2, 0) is 16.1 Å². The second-order valence-electron chi connectivity index (χ2n) is 7.34. The molecule has 1 heterocycles. The zero-order valence-electron chi connectivity index (χ0n) is 20.7. The minimum absolute atomic E-state index is 0.307. The molecule has 2 aromatic carbocycles. The van der Waals surface area contributed by atoms with Crippen molar-refractivity contribution in [2.24, 2.45) is 4.99 Å². The predicted octanol–water partition coefficient (Wildman–Crippen LogP) is 4.73. The van der Waals surface area contributed by atoms with E-state index in [4.69, 9.17) is 28.6 Å². The molecule has 194 valence electrons. The molecule has 11 heteroatoms. The third-order valence-electron chi connectivity index (χ3n) is 4.74. The Morgan fingerprint density at radius 3 is 2.46 bits per heavy atom. The molecule has 2 N–H and O–H groups in total. The maximum absolute atomic E-state index is 11.4. The number of nitrogens with one attached hydrogen (secondary N) is 2. The molecule has 0 aliphatic carbocycles. The van der Waals surface area contributed by atoms with Gasteiger partial charge in [-0.3, -0.25) is 9.78 Å². The minimum Gasteiger partial charge on any atom is -0.465 e. The number of aromatic nitrogens is 1. The number of hydrogen-bond donors (Lipinski definition) is 2. The van der Waals surface area contributed by atoms with Crippen LogP contribution in [0.1, 0.15) is 22.8 Å². The quantitative estimate of drug-likeness (QED) is 0.132. The summed E-state index contributed by atoms with van der Waals surface area (Å²) in [5.41, 5.74) is 2.13. The van der Waals surface area contributed by atoms with Gasteiger partial charge in [0.25, 0.3) is 0 Å². The van der Waals surface area contributed by atoms with Crippen molar-refractivity contribution in [3.05, 3.63) is 83.1 Å². The highest BCUT2D eigenvalue weighted by Gasteiger charge is 2.07. The Kier molecular flexibility index (Phi) is 12.5. The molecule has 3 aromatic rings. The van der Waals surface area contributed by atoms with Gasteiger partial charge in [-0.25, -0.2) is 9.79 Å². The highest BCUT2D eigenvalue weighted by Crippen LogP contribution is 2.24. The molecule has 0 radical (unpaired) electrons. The monoisotopic (exact) mass is 541 g/mol. The predicted molar refractivity (Wildman–Crippen MR) is 149 cm³/mol. The summed E-state index contributed by atoms with van der Waals surface area (Å²) in [6.07, 6.45) is 4.71. The lowest BCUT2D eigenvalue weighted by molar-refractivity contribution is -0.108. The smallest absolute Gasteiger partial charge is 0.339 e. The molecule has 1 amide bonds. The van der Waals surface area contributed by atoms with Crippen molar-refractivity contribution in [1.29, 1.82) is 0 Å². The third kappa shape index (κ3) is 10.6. The summed E-state index contributed by atoms with van der Waals surface area (Å²) < 4.78 is 10.2. The standard InChI is InChI=1S/C15H13N3O4.C11H15ClN2S/c1-21-15(20)11-6-14(8-16-7-11)22-13-4-2-12(3-5-13)18-9-17-10-19;1-3-14(2)11(15)13-8-9-4-6-10(12)7-5-9/h2-10H,1H3,(H,17,18,19);4-7H,3,8H2,1-2H3,(H,13,15). The number of rotatable bonds is 9. The molecule has 0 unspecified atom stereocenters. The zero-order valence-corrected chi connectivity index (χ0v) is 22.3. The van der Waals surface area contributed by atoms with Gasteiger partial charge >= 0.3 is 5.97 Å². The van der Waals surface area contributed by atoms with Crippen LogP contribution in [0.4, 0.5) is 5.69 Å². The van der Waals surface area contributed by atoms with Crippen LogP contribution in [0.25, 0.3) is 0 Å². The largest absolute Gasteiger partial charge is 0.465 e. The van der Waals surface area contributed by atoms with Gasteiger partial charge in [-0.1, -0.05) is 23.7 Å². The first-order valence-corrected chi connectivity index (χ1v) is 11.9. The Morgan fingerprint density at radius 2 is 1.84 bits per heavy atom. The van der Waals surface area contributed by atoms with Crippen LogP contribution in [0.3, 0.4) is 0 Å². The molecule has 9 nitrogen and oxygen atoms in total. The van der Waals surface area contributed by atoms with E-state index in [9.17, 15) is 9.59 Å². The second kappa shape index (κ2) is 15.9. The van der Waals surface area contributed by atoms with E-state index in [-0.39, 0.29) is 0 Å². The van der Waals surface area contributed by atoms with Gasteiger partial charge in [0.05, 0.1) is 30.9 Å². The first kappa shape index (κ1) is 29.2. The summed E-state index contributed by atoms with van der Waals surface area (Å²) in [6.45, 7) is 3.71. The maximum atomic E-state index is 11.4. The number of esters is 1. The fourth-order valence-electron chi connectivity index (χ4n) is 2.64. The van der Waals surface area contributed by atoms with Gasteiger partial charge in [0.2, 0.25) is 6.41 Å². The van der Waals surface area contributed by atoms with Gasteiger partial charge in [-0.05, 0) is 67.2 Å². The number of benzene rings is 2. The van der Waals surface area contributed by atoms with Crippen LogP contribution in [0, 0.1) is 0 Å². The number of aliphatic imine (C=N–C) groups is 1. The lowest BCUT2D eigenvalue weighted by Gasteiger charge is -2.18. The first-order valence-electron chi connectivity index (χ1n) is 11.1. The first-order chi connectivity index (χ1) is 17.9. The number of thiocarbonyl (C=S) groups is 1. The highest BCUT2D eigenvalue weighted by molar-refractivity contribution is 7.80. The number of carbonyl (C=O) groups is 2. The van der Waals surface area contributed by atoms with Gasteiger partial charge in [-0.2, -0.15) is 0 Å². The minimum atomic E-state index is -0.481. The molecule has 37 heavy (non-hydrogen) atoms. The van der Waals surface area contributed by atoms with Crippen LogP contribution in [-0.4, -0.2) is 54.4 Å². The van der Waals surface area contributed by atoms with Gasteiger partial charge < -0.3 is 25.0 Å². The molecule has 0 spiro atoms. The van der Waals surface area contributed by atoms with Crippen molar-refractivity contribution in [2.75, 3.05) is 20.7 Å². The summed E-state index contributed by atoms with van der Waals surface area (Å²) in [7, 11) is 3.27. The zero-order chi connectivity index (χ0) is 27.0. The molecule has 0 fully saturated rings. The fourth-order valence-corrected chi connectivity index (χ4v) is 2.97. The van der Waals surface area contributed by atoms with Crippen molar-refractivity contribution in [1.82, 2.24) is 20.5 Å². The van der Waals surface area contributed by atoms with E-state index in [0.29, 0.717) is 29.2 Å². The Bertz CT molecular complexity index is 1190. The molecule has 0 aliphatic heterocycles. The lowest BCUT2D eigenvalue weighted by Crippen LogP contribution is -2.36. The van der Waals surface area contributed by atoms with Gasteiger partial charge in [-0.15, -0.1) is 0 Å². The van der Waals surface area contributed by atoms with Crippen molar-refractivity contribution < 1.29 is 19.1 Å². The topological polar surface area (TPSA) is 105 Å². The maximum Gasteiger partial charge on any atom is 0.339 e. The molecule has 0 atom stereocenters. The van der Waals surface area contributed by atoms with Crippen LogP contribution in [0.2, 0.25) is 5.02 Å². The van der Waals surface area contributed by atoms with Gasteiger partial charge in [0.1, 0.15) is 11.5 Å². The number of methoxy groups -OCH3 is 1. The van der Waals surface area contributed by atoms with E-state index in [0.717, 1.165) is 23.2 Å². The number of halogens is 1. The van der Waals surface area contributed by atoms with E-state index in [1.54, 1.807) is 30.3 Å². The Labute approximate surface area is 226 Å². The molecule has 1 aromatic heterocycles. The Morgan fingerprint density at radius 1 is 1.14 bits per heavy atom. The number of carbonyl (C=O) groups excluding carboxylic acids is 2. The summed E-state index contributed by atoms with van der Waals surface area (Å²) >= 11 is 11.0. The van der Waals surface area contributed by atoms with Crippen LogP contribution in [0.15, 0.2) is 72.0 Å². The average molecular weight is 542 g/mol. The number of amides is 1. The van der Waals surface area contributed by atoms with Crippen molar-refractivity contribution >= 4 is 53.3 Å². The summed E-state index contributed by atoms with van der Waals surface area (Å²) in [5.74, 6) is 0.498. The SMILES string of the molecule is CCN(C)C(=S)NCc1ccc(Cl)cc1.COC(=O)c1cncc(Oc2ccc(N=CNC=O)cc2)c1.